The molecule has 0 saturated heterocycles. The van der Waals surface area contributed by atoms with Gasteiger partial charge in [0, 0.05) is 10.7 Å². The fourth-order valence-corrected chi connectivity index (χ4v) is 2.16. The Hall–Kier alpha value is -2.28. The molecule has 2 N–H and O–H groups in total. The first-order valence-electron chi connectivity index (χ1n) is 5.59. The summed E-state index contributed by atoms with van der Waals surface area (Å²) in [4.78, 5) is 21.8. The van der Waals surface area contributed by atoms with Crippen LogP contribution in [0.5, 0.6) is 0 Å². The maximum absolute atomic E-state index is 13.9. The van der Waals surface area contributed by atoms with Gasteiger partial charge in [-0.15, -0.1) is 0 Å². The van der Waals surface area contributed by atoms with E-state index in [1.54, 1.807) is 12.1 Å². The lowest BCUT2D eigenvalue weighted by Gasteiger charge is -1.99. The third kappa shape index (κ3) is 2.16. The van der Waals surface area contributed by atoms with Crippen LogP contribution in [0.2, 0.25) is 0 Å². The van der Waals surface area contributed by atoms with Gasteiger partial charge in [0.2, 0.25) is 0 Å². The molecule has 0 unspecified atom stereocenters. The Morgan fingerprint density at radius 3 is 2.85 bits per heavy atom. The highest BCUT2D eigenvalue weighted by Crippen LogP contribution is 2.25. The summed E-state index contributed by atoms with van der Waals surface area (Å²) in [7, 11) is 0. The monoisotopic (exact) mass is 335 g/mol. The maximum atomic E-state index is 13.9. The Morgan fingerprint density at radius 2 is 2.15 bits per heavy atom. The van der Waals surface area contributed by atoms with E-state index >= 15 is 0 Å². The van der Waals surface area contributed by atoms with Crippen LogP contribution in [0.4, 0.5) is 4.39 Å². The Bertz CT molecular complexity index is 832. The molecular weight excluding hydrogens is 329 g/mol. The van der Waals surface area contributed by atoms with E-state index in [0.717, 1.165) is 0 Å². The number of hydrogen-bond acceptors (Lipinski definition) is 3. The summed E-state index contributed by atoms with van der Waals surface area (Å²) >= 11 is 3.18. The Balaban J connectivity index is 2.15. The van der Waals surface area contributed by atoms with Crippen LogP contribution in [0.15, 0.2) is 34.9 Å². The Kier molecular flexibility index (Phi) is 2.98. The van der Waals surface area contributed by atoms with Crippen molar-refractivity contribution in [2.24, 2.45) is 0 Å². The van der Waals surface area contributed by atoms with Crippen molar-refractivity contribution < 1.29 is 14.3 Å². The smallest absolute Gasteiger partial charge is 0.337 e. The van der Waals surface area contributed by atoms with E-state index in [-0.39, 0.29) is 5.56 Å². The molecule has 0 amide bonds. The summed E-state index contributed by atoms with van der Waals surface area (Å²) in [6.07, 6.45) is 1.22. The normalized spacial score (nSPS) is 10.9. The zero-order valence-electron chi connectivity index (χ0n) is 9.89. The lowest BCUT2D eigenvalue weighted by atomic mass is 10.2. The number of carbonyl (C=O) groups is 1. The fourth-order valence-electron chi connectivity index (χ4n) is 1.83. The largest absolute Gasteiger partial charge is 0.478 e. The molecule has 0 aliphatic carbocycles. The van der Waals surface area contributed by atoms with E-state index in [1.165, 1.54) is 18.3 Å². The van der Waals surface area contributed by atoms with Gasteiger partial charge in [0.1, 0.15) is 11.6 Å². The molecule has 0 fully saturated rings. The third-order valence-corrected chi connectivity index (χ3v) is 3.26. The number of rotatable bonds is 2. The molecule has 1 aromatic carbocycles. The number of aromatic carboxylic acids is 1. The number of nitrogens with zero attached hydrogens (tertiary/aromatic N) is 2. The topological polar surface area (TPSA) is 78.9 Å². The molecule has 20 heavy (non-hydrogen) atoms. The standard InChI is InChI=1S/C13H7BrFN3O2/c14-7-1-2-8(9(15)4-7)11-17-10-3-6(13(19)20)5-16-12(10)18-11/h1-5H,(H,19,20)(H,16,17,18). The van der Waals surface area contributed by atoms with Crippen molar-refractivity contribution >= 4 is 33.1 Å². The average Bonchev–Trinajstić information content (AvgIpc) is 2.80. The molecule has 3 aromatic rings. The lowest BCUT2D eigenvalue weighted by molar-refractivity contribution is 0.0696. The number of fused-ring (bicyclic) bond motifs is 1. The molecule has 3 rings (SSSR count). The first-order valence-corrected chi connectivity index (χ1v) is 6.38. The highest BCUT2D eigenvalue weighted by atomic mass is 79.9. The van der Waals surface area contributed by atoms with Crippen molar-refractivity contribution in [2.75, 3.05) is 0 Å². The number of benzene rings is 1. The van der Waals surface area contributed by atoms with Crippen LogP contribution in [0.1, 0.15) is 10.4 Å². The second kappa shape index (κ2) is 4.68. The van der Waals surface area contributed by atoms with Gasteiger partial charge >= 0.3 is 5.97 Å². The second-order valence-corrected chi connectivity index (χ2v) is 5.03. The van der Waals surface area contributed by atoms with Gasteiger partial charge in [0.05, 0.1) is 16.6 Å². The van der Waals surface area contributed by atoms with E-state index in [1.807, 2.05) is 0 Å². The predicted molar refractivity (Wildman–Crippen MR) is 73.9 cm³/mol. The van der Waals surface area contributed by atoms with E-state index in [4.69, 9.17) is 5.11 Å². The van der Waals surface area contributed by atoms with Crippen LogP contribution in [-0.2, 0) is 0 Å². The molecule has 0 aliphatic heterocycles. The van der Waals surface area contributed by atoms with Crippen molar-refractivity contribution in [3.8, 4) is 11.4 Å². The van der Waals surface area contributed by atoms with Gasteiger partial charge in [-0.3, -0.25) is 0 Å². The van der Waals surface area contributed by atoms with Gasteiger partial charge in [-0.1, -0.05) is 15.9 Å². The van der Waals surface area contributed by atoms with Crippen molar-refractivity contribution in [3.05, 3.63) is 46.3 Å². The second-order valence-electron chi connectivity index (χ2n) is 4.11. The molecule has 7 heteroatoms. The summed E-state index contributed by atoms with van der Waals surface area (Å²) < 4.78 is 14.5. The number of nitrogens with one attached hydrogen (secondary N) is 1. The van der Waals surface area contributed by atoms with Crippen molar-refractivity contribution in [2.45, 2.75) is 0 Å². The van der Waals surface area contributed by atoms with E-state index in [9.17, 15) is 9.18 Å². The summed E-state index contributed by atoms with van der Waals surface area (Å²) in [6, 6.07) is 6.02. The van der Waals surface area contributed by atoms with Gasteiger partial charge in [-0.25, -0.2) is 19.2 Å². The van der Waals surface area contributed by atoms with Crippen LogP contribution in [0, 0.1) is 5.82 Å². The van der Waals surface area contributed by atoms with Gasteiger partial charge < -0.3 is 10.1 Å². The third-order valence-electron chi connectivity index (χ3n) is 2.77. The first kappa shape index (κ1) is 12.7. The van der Waals surface area contributed by atoms with Gasteiger partial charge in [-0.05, 0) is 24.3 Å². The lowest BCUT2D eigenvalue weighted by Crippen LogP contribution is -1.96. The zero-order valence-corrected chi connectivity index (χ0v) is 11.5. The molecule has 2 aromatic heterocycles. The molecule has 0 spiro atoms. The number of imidazole rings is 1. The zero-order chi connectivity index (χ0) is 14.3. The van der Waals surface area contributed by atoms with Gasteiger partial charge in [0.15, 0.2) is 5.65 Å². The highest BCUT2D eigenvalue weighted by molar-refractivity contribution is 9.10. The summed E-state index contributed by atoms with van der Waals surface area (Å²) in [5.41, 5.74) is 1.13. The Labute approximate surface area is 120 Å². The summed E-state index contributed by atoms with van der Waals surface area (Å²) in [5.74, 6) is -1.21. The number of hydrogen-bond donors (Lipinski definition) is 2. The molecule has 100 valence electrons. The van der Waals surface area contributed by atoms with Crippen LogP contribution in [-0.4, -0.2) is 26.0 Å². The number of pyridine rings is 1. The number of carboxylic acid groups (broad SMARTS) is 1. The number of halogens is 2. The molecule has 0 aliphatic rings. The minimum Gasteiger partial charge on any atom is -0.478 e. The van der Waals surface area contributed by atoms with Gasteiger partial charge in [-0.2, -0.15) is 0 Å². The van der Waals surface area contributed by atoms with Crippen molar-refractivity contribution in [1.29, 1.82) is 0 Å². The molecule has 0 radical (unpaired) electrons. The minimum atomic E-state index is -1.08. The average molecular weight is 336 g/mol. The summed E-state index contributed by atoms with van der Waals surface area (Å²) in [5, 5.41) is 8.90. The van der Waals surface area contributed by atoms with Crippen LogP contribution < -0.4 is 0 Å². The van der Waals surface area contributed by atoms with Crippen LogP contribution >= 0.6 is 15.9 Å². The van der Waals surface area contributed by atoms with Crippen LogP contribution in [0.3, 0.4) is 0 Å². The number of aromatic amines is 1. The van der Waals surface area contributed by atoms with E-state index in [2.05, 4.69) is 30.9 Å². The predicted octanol–water partition coefficient (Wildman–Crippen LogP) is 3.22. The number of aromatic nitrogens is 3. The summed E-state index contributed by atoms with van der Waals surface area (Å²) in [6.45, 7) is 0. The highest BCUT2D eigenvalue weighted by Gasteiger charge is 2.13. The maximum Gasteiger partial charge on any atom is 0.337 e. The van der Waals surface area contributed by atoms with E-state index < -0.39 is 11.8 Å². The SMILES string of the molecule is O=C(O)c1cnc2nc(-c3ccc(Br)cc3F)[nH]c2c1. The molecule has 2 heterocycles. The minimum absolute atomic E-state index is 0.0454. The molecule has 5 nitrogen and oxygen atoms in total. The number of carboxylic acids is 1. The number of H-pyrrole nitrogens is 1. The van der Waals surface area contributed by atoms with Crippen molar-refractivity contribution in [1.82, 2.24) is 15.0 Å². The quantitative estimate of drug-likeness (QED) is 0.753. The molecule has 0 saturated carbocycles. The molecular formula is C13H7BrFN3O2. The molecule has 0 atom stereocenters. The van der Waals surface area contributed by atoms with E-state index in [0.29, 0.717) is 27.0 Å². The van der Waals surface area contributed by atoms with Crippen molar-refractivity contribution in [3.63, 3.8) is 0 Å². The fraction of sp³-hybridized carbons (Fsp3) is 0. The first-order chi connectivity index (χ1) is 9.54. The molecule has 0 bridgehead atoms. The Morgan fingerprint density at radius 1 is 1.35 bits per heavy atom. The van der Waals surface area contributed by atoms with Crippen LogP contribution in [0.25, 0.3) is 22.6 Å². The van der Waals surface area contributed by atoms with Gasteiger partial charge in [0.25, 0.3) is 0 Å².